The summed E-state index contributed by atoms with van der Waals surface area (Å²) in [5, 5.41) is 0. The maximum Gasteiger partial charge on any atom is 0.333 e. The third-order valence-electron chi connectivity index (χ3n) is 8.45. The fraction of sp³-hybridized carbons (Fsp3) is 0.917. The molecule has 0 rings (SSSR count). The van der Waals surface area contributed by atoms with Crippen LogP contribution < -0.4 is 0 Å². The van der Waals surface area contributed by atoms with Gasteiger partial charge in [0.1, 0.15) is 0 Å². The van der Waals surface area contributed by atoms with Crippen LogP contribution in [0.25, 0.3) is 0 Å². The molecule has 0 spiro atoms. The van der Waals surface area contributed by atoms with Crippen molar-refractivity contribution in [3.8, 4) is 0 Å². The highest BCUT2D eigenvalue weighted by atomic mass is 16.5. The van der Waals surface area contributed by atoms with Crippen molar-refractivity contribution in [2.75, 3.05) is 6.61 Å². The summed E-state index contributed by atoms with van der Waals surface area (Å²) in [6, 6.07) is 0. The lowest BCUT2D eigenvalue weighted by Gasteiger charge is -2.24. The third kappa shape index (κ3) is 25.5. The molecule has 0 aliphatic carbocycles. The van der Waals surface area contributed by atoms with Crippen molar-refractivity contribution in [1.82, 2.24) is 0 Å². The summed E-state index contributed by atoms with van der Waals surface area (Å²) in [6.45, 7) is 15.4. The van der Waals surface area contributed by atoms with Gasteiger partial charge in [-0.3, -0.25) is 0 Å². The first kappa shape index (κ1) is 37.2. The Morgan fingerprint density at radius 1 is 0.579 bits per heavy atom. The molecule has 38 heavy (non-hydrogen) atoms. The van der Waals surface area contributed by atoms with Crippen molar-refractivity contribution in [3.05, 3.63) is 12.2 Å². The summed E-state index contributed by atoms with van der Waals surface area (Å²) >= 11 is 0. The Hall–Kier alpha value is -0.790. The molecule has 0 bridgehead atoms. The van der Waals surface area contributed by atoms with Crippen LogP contribution in [0, 0.1) is 17.8 Å². The minimum Gasteiger partial charge on any atom is -0.462 e. The first-order chi connectivity index (χ1) is 18.4. The highest BCUT2D eigenvalue weighted by Crippen LogP contribution is 2.26. The molecule has 0 aliphatic heterocycles. The van der Waals surface area contributed by atoms with Crippen LogP contribution >= 0.6 is 0 Å². The van der Waals surface area contributed by atoms with E-state index in [0.717, 1.165) is 5.92 Å². The Kier molecular flexibility index (Phi) is 27.2. The molecular formula is C36H70O2. The van der Waals surface area contributed by atoms with Gasteiger partial charge in [0.25, 0.3) is 0 Å². The van der Waals surface area contributed by atoms with E-state index < -0.39 is 0 Å². The van der Waals surface area contributed by atoms with Crippen molar-refractivity contribution >= 4 is 5.97 Å². The second-order valence-electron chi connectivity index (χ2n) is 12.9. The Morgan fingerprint density at radius 2 is 0.947 bits per heavy atom. The van der Waals surface area contributed by atoms with Crippen molar-refractivity contribution in [3.63, 3.8) is 0 Å². The van der Waals surface area contributed by atoms with E-state index in [1.807, 2.05) is 0 Å². The molecule has 0 amide bonds. The Balaban J connectivity index is 3.97. The number of ether oxygens (including phenoxy) is 1. The van der Waals surface area contributed by atoms with Gasteiger partial charge in [-0.05, 0) is 31.1 Å². The predicted octanol–water partition coefficient (Wildman–Crippen LogP) is 12.4. The third-order valence-corrected chi connectivity index (χ3v) is 8.45. The Labute approximate surface area is 240 Å². The maximum atomic E-state index is 12.0. The molecule has 2 unspecified atom stereocenters. The van der Waals surface area contributed by atoms with E-state index in [9.17, 15) is 4.79 Å². The zero-order valence-electron chi connectivity index (χ0n) is 26.9. The molecule has 0 aliphatic rings. The molecule has 0 saturated carbocycles. The van der Waals surface area contributed by atoms with Gasteiger partial charge in [-0.15, -0.1) is 0 Å². The molecule has 0 heterocycles. The molecule has 2 atom stereocenters. The number of esters is 1. The van der Waals surface area contributed by atoms with Crippen molar-refractivity contribution < 1.29 is 9.53 Å². The van der Waals surface area contributed by atoms with Crippen LogP contribution in [-0.2, 0) is 9.53 Å². The first-order valence-corrected chi connectivity index (χ1v) is 17.2. The van der Waals surface area contributed by atoms with Gasteiger partial charge in [-0.2, -0.15) is 0 Å². The molecule has 2 nitrogen and oxygen atoms in total. The molecule has 0 aromatic carbocycles. The van der Waals surface area contributed by atoms with Crippen molar-refractivity contribution in [2.45, 2.75) is 189 Å². The van der Waals surface area contributed by atoms with Gasteiger partial charge in [-0.1, -0.05) is 182 Å². The Bertz CT molecular complexity index is 523. The summed E-state index contributed by atoms with van der Waals surface area (Å²) in [6.07, 6.45) is 33.0. The number of carbonyl (C=O) groups is 1. The number of hydrogen-bond acceptors (Lipinski definition) is 2. The van der Waals surface area contributed by atoms with E-state index in [4.69, 9.17) is 4.74 Å². The van der Waals surface area contributed by atoms with Gasteiger partial charge in [0, 0.05) is 5.57 Å². The van der Waals surface area contributed by atoms with Gasteiger partial charge < -0.3 is 4.74 Å². The standard InChI is InChI=1S/C36H70O2/c1-7-8-9-10-11-12-17-20-23-26-29-34(6)35(31-38-36(37)33(4)5)30-27-24-21-18-15-13-14-16-19-22-25-28-32(2)3/h32,34-35H,4,7-31H2,1-3,5-6H3. The lowest BCUT2D eigenvalue weighted by molar-refractivity contribution is -0.140. The number of rotatable bonds is 29. The van der Waals surface area contributed by atoms with Crippen molar-refractivity contribution in [2.24, 2.45) is 17.8 Å². The van der Waals surface area contributed by atoms with Gasteiger partial charge in [-0.25, -0.2) is 4.79 Å². The fourth-order valence-electron chi connectivity index (χ4n) is 5.58. The van der Waals surface area contributed by atoms with Crippen LogP contribution in [0.4, 0.5) is 0 Å². The van der Waals surface area contributed by atoms with E-state index in [1.165, 1.54) is 154 Å². The van der Waals surface area contributed by atoms with Gasteiger partial charge >= 0.3 is 5.97 Å². The smallest absolute Gasteiger partial charge is 0.333 e. The molecule has 0 aromatic heterocycles. The number of hydrogen-bond donors (Lipinski definition) is 0. The van der Waals surface area contributed by atoms with E-state index in [1.54, 1.807) is 6.92 Å². The highest BCUT2D eigenvalue weighted by Gasteiger charge is 2.19. The molecule has 0 aromatic rings. The minimum atomic E-state index is -0.221. The zero-order chi connectivity index (χ0) is 28.3. The molecule has 0 fully saturated rings. The van der Waals surface area contributed by atoms with Crippen LogP contribution in [0.1, 0.15) is 189 Å². The SMILES string of the molecule is C=C(C)C(=O)OCC(CCCCCCCCCCCCCC(C)C)C(C)CCCCCCCCCCCC. The quantitative estimate of drug-likeness (QED) is 0.0541. The zero-order valence-corrected chi connectivity index (χ0v) is 26.9. The van der Waals surface area contributed by atoms with Crippen LogP contribution in [0.5, 0.6) is 0 Å². The average molecular weight is 535 g/mol. The molecule has 2 heteroatoms. The van der Waals surface area contributed by atoms with Crippen LogP contribution in [0.15, 0.2) is 12.2 Å². The van der Waals surface area contributed by atoms with E-state index in [0.29, 0.717) is 24.0 Å². The summed E-state index contributed by atoms with van der Waals surface area (Å²) in [5.74, 6) is 1.76. The lowest BCUT2D eigenvalue weighted by Crippen LogP contribution is -2.21. The summed E-state index contributed by atoms with van der Waals surface area (Å²) in [7, 11) is 0. The molecule has 226 valence electrons. The summed E-state index contributed by atoms with van der Waals surface area (Å²) in [5.41, 5.74) is 0.515. The van der Waals surface area contributed by atoms with Gasteiger partial charge in [0.05, 0.1) is 6.61 Å². The van der Waals surface area contributed by atoms with Crippen molar-refractivity contribution in [1.29, 1.82) is 0 Å². The lowest BCUT2D eigenvalue weighted by atomic mass is 9.85. The second kappa shape index (κ2) is 27.8. The molecular weight excluding hydrogens is 464 g/mol. The van der Waals surface area contributed by atoms with E-state index in [2.05, 4.69) is 34.3 Å². The molecule has 0 radical (unpaired) electrons. The van der Waals surface area contributed by atoms with E-state index in [-0.39, 0.29) is 5.97 Å². The van der Waals surface area contributed by atoms with Crippen LogP contribution in [-0.4, -0.2) is 12.6 Å². The van der Waals surface area contributed by atoms with Gasteiger partial charge in [0.2, 0.25) is 0 Å². The summed E-state index contributed by atoms with van der Waals surface area (Å²) in [4.78, 5) is 12.0. The Morgan fingerprint density at radius 3 is 1.34 bits per heavy atom. The van der Waals surface area contributed by atoms with Crippen LogP contribution in [0.2, 0.25) is 0 Å². The van der Waals surface area contributed by atoms with E-state index >= 15 is 0 Å². The summed E-state index contributed by atoms with van der Waals surface area (Å²) < 4.78 is 5.62. The highest BCUT2D eigenvalue weighted by molar-refractivity contribution is 5.86. The normalized spacial score (nSPS) is 13.1. The fourth-order valence-corrected chi connectivity index (χ4v) is 5.58. The predicted molar refractivity (Wildman–Crippen MR) is 170 cm³/mol. The van der Waals surface area contributed by atoms with Crippen LogP contribution in [0.3, 0.4) is 0 Å². The average Bonchev–Trinajstić information content (AvgIpc) is 2.88. The molecule has 0 N–H and O–H groups in total. The van der Waals surface area contributed by atoms with Gasteiger partial charge in [0.15, 0.2) is 0 Å². The largest absolute Gasteiger partial charge is 0.462 e. The minimum absolute atomic E-state index is 0.221. The monoisotopic (exact) mass is 535 g/mol. The maximum absolute atomic E-state index is 12.0. The number of unbranched alkanes of at least 4 members (excludes halogenated alkanes) is 19. The molecule has 0 saturated heterocycles. The topological polar surface area (TPSA) is 26.3 Å². The number of carbonyl (C=O) groups excluding carboxylic acids is 1. The second-order valence-corrected chi connectivity index (χ2v) is 12.9. The first-order valence-electron chi connectivity index (χ1n) is 17.2.